The predicted octanol–water partition coefficient (Wildman–Crippen LogP) is 0.657. The van der Waals surface area contributed by atoms with E-state index in [0.29, 0.717) is 25.9 Å². The Balaban J connectivity index is 3.18. The highest BCUT2D eigenvalue weighted by Crippen LogP contribution is 2.30. The third-order valence-corrected chi connectivity index (χ3v) is 4.81. The maximum absolute atomic E-state index is 12.7. The Bertz CT molecular complexity index is 416. The smallest absolute Gasteiger partial charge is 0.382 e. The fraction of sp³-hybridized carbons (Fsp3) is 0.800. The van der Waals surface area contributed by atoms with Crippen molar-refractivity contribution in [3.05, 3.63) is 0 Å². The number of carbonyl (C=O) groups is 3. The fourth-order valence-corrected chi connectivity index (χ4v) is 2.87. The van der Waals surface area contributed by atoms with E-state index in [0.717, 1.165) is 12.8 Å². The van der Waals surface area contributed by atoms with Crippen LogP contribution in [0.4, 0.5) is 0 Å². The van der Waals surface area contributed by atoms with E-state index in [-0.39, 0.29) is 4.48 Å². The first kappa shape index (κ1) is 16.8. The van der Waals surface area contributed by atoms with Crippen LogP contribution in [0.1, 0.15) is 53.4 Å². The molecule has 114 valence electrons. The Morgan fingerprint density at radius 1 is 1.20 bits per heavy atom. The van der Waals surface area contributed by atoms with Crippen LogP contribution < -0.4 is 5.11 Å². The normalized spacial score (nSPS) is 27.1. The molecule has 1 heterocycles. The summed E-state index contributed by atoms with van der Waals surface area (Å²) in [6.07, 6.45) is 2.49. The van der Waals surface area contributed by atoms with Gasteiger partial charge in [0.25, 0.3) is 5.78 Å². The monoisotopic (exact) mass is 283 g/mol. The highest BCUT2D eigenvalue weighted by atomic mass is 16.4. The van der Waals surface area contributed by atoms with Gasteiger partial charge in [-0.25, -0.2) is 9.28 Å². The van der Waals surface area contributed by atoms with E-state index in [2.05, 4.69) is 0 Å². The maximum atomic E-state index is 12.7. The van der Waals surface area contributed by atoms with Crippen LogP contribution >= 0.6 is 0 Å². The molecule has 0 spiro atoms. The van der Waals surface area contributed by atoms with Crippen molar-refractivity contribution in [2.45, 2.75) is 59.4 Å². The Morgan fingerprint density at radius 2 is 1.80 bits per heavy atom. The number of amides is 1. The Hall–Kier alpha value is -1.23. The van der Waals surface area contributed by atoms with Gasteiger partial charge in [-0.2, -0.15) is 0 Å². The number of carbonyl (C=O) groups excluding carboxylic acids is 3. The van der Waals surface area contributed by atoms with E-state index in [1.54, 1.807) is 20.8 Å². The van der Waals surface area contributed by atoms with Gasteiger partial charge in [0, 0.05) is 11.8 Å². The number of aliphatic carboxylic acids is 1. The largest absolute Gasteiger partial charge is 0.544 e. The van der Waals surface area contributed by atoms with E-state index in [4.69, 9.17) is 0 Å². The summed E-state index contributed by atoms with van der Waals surface area (Å²) in [4.78, 5) is 36.5. The van der Waals surface area contributed by atoms with Crippen molar-refractivity contribution in [3.8, 4) is 0 Å². The lowest BCUT2D eigenvalue weighted by atomic mass is 9.83. The lowest BCUT2D eigenvalue weighted by Crippen LogP contribution is -2.69. The van der Waals surface area contributed by atoms with Crippen LogP contribution in [-0.2, 0) is 14.4 Å². The minimum Gasteiger partial charge on any atom is -0.544 e. The molecule has 1 amide bonds. The molecular formula is C15H25NO4. The van der Waals surface area contributed by atoms with Gasteiger partial charge in [0.15, 0.2) is 0 Å². The van der Waals surface area contributed by atoms with Crippen molar-refractivity contribution in [3.63, 3.8) is 0 Å². The summed E-state index contributed by atoms with van der Waals surface area (Å²) in [5.74, 6) is -2.25. The van der Waals surface area contributed by atoms with E-state index < -0.39 is 29.1 Å². The van der Waals surface area contributed by atoms with E-state index in [9.17, 15) is 19.5 Å². The third kappa shape index (κ3) is 2.77. The van der Waals surface area contributed by atoms with Crippen LogP contribution in [0, 0.1) is 5.41 Å². The van der Waals surface area contributed by atoms with Crippen LogP contribution in [0.15, 0.2) is 0 Å². The second-order valence-corrected chi connectivity index (χ2v) is 6.28. The molecule has 1 aliphatic heterocycles. The highest BCUT2D eigenvalue weighted by Gasteiger charge is 2.51. The summed E-state index contributed by atoms with van der Waals surface area (Å²) >= 11 is 0. The average Bonchev–Trinajstić information content (AvgIpc) is 2.45. The van der Waals surface area contributed by atoms with Crippen molar-refractivity contribution < 1.29 is 24.0 Å². The second-order valence-electron chi connectivity index (χ2n) is 6.28. The Labute approximate surface area is 120 Å². The summed E-state index contributed by atoms with van der Waals surface area (Å²) in [5.41, 5.74) is -0.745. The number of rotatable bonds is 5. The van der Waals surface area contributed by atoms with Gasteiger partial charge >= 0.3 is 5.91 Å². The minimum absolute atomic E-state index is 0.273. The highest BCUT2D eigenvalue weighted by molar-refractivity contribution is 6.35. The molecule has 1 aliphatic rings. The molecule has 0 radical (unpaired) electrons. The van der Waals surface area contributed by atoms with Crippen molar-refractivity contribution in [1.29, 1.82) is 0 Å². The van der Waals surface area contributed by atoms with Gasteiger partial charge in [0.2, 0.25) is 0 Å². The first-order chi connectivity index (χ1) is 9.23. The topological polar surface area (TPSA) is 74.3 Å². The number of likely N-dealkylation sites (N-methyl/N-ethyl adjacent to an activating group) is 1. The minimum atomic E-state index is -1.22. The van der Waals surface area contributed by atoms with Gasteiger partial charge in [-0.1, -0.05) is 20.8 Å². The lowest BCUT2D eigenvalue weighted by Gasteiger charge is -2.45. The van der Waals surface area contributed by atoms with Gasteiger partial charge in [0.1, 0.15) is 6.04 Å². The number of Topliss-reactive ketones (excluding diaryl/α,β-unsaturated/α-hetero) is 1. The van der Waals surface area contributed by atoms with Crippen LogP contribution in [-0.4, -0.2) is 41.3 Å². The molecule has 1 rings (SSSR count). The number of ketones is 1. The summed E-state index contributed by atoms with van der Waals surface area (Å²) in [6.45, 7) is 7.83. The molecule has 0 aliphatic carbocycles. The number of carboxylic acid groups (broad SMARTS) is 1. The van der Waals surface area contributed by atoms with Crippen LogP contribution in [0.25, 0.3) is 0 Å². The lowest BCUT2D eigenvalue weighted by molar-refractivity contribution is -0.873. The van der Waals surface area contributed by atoms with Gasteiger partial charge in [-0.3, -0.25) is 4.79 Å². The Kier molecular flexibility index (Phi) is 5.08. The summed E-state index contributed by atoms with van der Waals surface area (Å²) in [6, 6.07) is -0.891. The van der Waals surface area contributed by atoms with E-state index in [1.807, 2.05) is 6.92 Å². The van der Waals surface area contributed by atoms with Gasteiger partial charge in [-0.15, -0.1) is 0 Å². The molecule has 1 saturated heterocycles. The molecule has 0 saturated carbocycles. The number of nitrogens with zero attached hydrogens (tertiary/aromatic N) is 1. The van der Waals surface area contributed by atoms with Crippen LogP contribution in [0.5, 0.6) is 0 Å². The first-order valence-electron chi connectivity index (χ1n) is 7.40. The number of piperidine rings is 1. The summed E-state index contributed by atoms with van der Waals surface area (Å²) in [7, 11) is 0. The number of hydrogen-bond donors (Lipinski definition) is 0. The molecule has 0 bridgehead atoms. The standard InChI is InChI=1S/C15H25NO4/c1-5-15(3,4)12(17)13(18)16(6-2)10-8-7-9-11(16)14(19)20/h11H,5-10H2,1-4H3. The van der Waals surface area contributed by atoms with E-state index >= 15 is 0 Å². The van der Waals surface area contributed by atoms with E-state index in [1.165, 1.54) is 0 Å². The van der Waals surface area contributed by atoms with Crippen molar-refractivity contribution in [1.82, 2.24) is 0 Å². The molecule has 2 atom stereocenters. The number of likely N-dealkylation sites (tertiary alicyclic amines) is 1. The maximum Gasteiger partial charge on any atom is 0.382 e. The molecule has 0 N–H and O–H groups in total. The summed E-state index contributed by atoms with van der Waals surface area (Å²) < 4.78 is -0.273. The van der Waals surface area contributed by atoms with Gasteiger partial charge in [-0.05, 0) is 26.2 Å². The zero-order valence-corrected chi connectivity index (χ0v) is 12.9. The SMILES string of the molecule is CCC(C)(C)C(=O)C(=O)[N+]1(CC)CCCCC1C(=O)[O-]. The zero-order chi connectivity index (χ0) is 15.6. The van der Waals surface area contributed by atoms with Gasteiger partial charge in [0.05, 0.1) is 19.1 Å². The molecule has 1 fully saturated rings. The van der Waals surface area contributed by atoms with Crippen LogP contribution in [0.3, 0.4) is 0 Å². The zero-order valence-electron chi connectivity index (χ0n) is 12.9. The van der Waals surface area contributed by atoms with Crippen molar-refractivity contribution in [2.24, 2.45) is 5.41 Å². The molecular weight excluding hydrogens is 258 g/mol. The molecule has 0 aromatic heterocycles. The third-order valence-electron chi connectivity index (χ3n) is 4.81. The first-order valence-corrected chi connectivity index (χ1v) is 7.40. The molecule has 2 unspecified atom stereocenters. The number of carboxylic acids is 1. The van der Waals surface area contributed by atoms with Gasteiger partial charge < -0.3 is 9.90 Å². The molecule has 0 aromatic rings. The van der Waals surface area contributed by atoms with Crippen molar-refractivity contribution in [2.75, 3.05) is 13.1 Å². The average molecular weight is 283 g/mol. The number of hydrogen-bond acceptors (Lipinski definition) is 4. The molecule has 5 heteroatoms. The molecule has 0 aromatic carbocycles. The van der Waals surface area contributed by atoms with Crippen molar-refractivity contribution >= 4 is 17.7 Å². The molecule has 20 heavy (non-hydrogen) atoms. The molecule has 5 nitrogen and oxygen atoms in total. The predicted molar refractivity (Wildman–Crippen MR) is 72.4 cm³/mol. The second kappa shape index (κ2) is 6.04. The van der Waals surface area contributed by atoms with Crippen LogP contribution in [0.2, 0.25) is 0 Å². The fourth-order valence-electron chi connectivity index (χ4n) is 2.87. The summed E-state index contributed by atoms with van der Waals surface area (Å²) in [5, 5.41) is 11.4. The Morgan fingerprint density at radius 3 is 2.25 bits per heavy atom. The quantitative estimate of drug-likeness (QED) is 0.548. The number of quaternary nitrogens is 1.